The molecule has 0 aliphatic carbocycles. The molecule has 0 saturated carbocycles. The molecule has 1 aromatic heterocycles. The van der Waals surface area contributed by atoms with Crippen molar-refractivity contribution in [2.45, 2.75) is 6.54 Å². The molecule has 0 spiro atoms. The van der Waals surface area contributed by atoms with Gasteiger partial charge in [-0.2, -0.15) is 0 Å². The Morgan fingerprint density at radius 1 is 1.29 bits per heavy atom. The average Bonchev–Trinajstić information content (AvgIpc) is 2.71. The van der Waals surface area contributed by atoms with Crippen LogP contribution in [0.2, 0.25) is 0 Å². The number of hydrogen-bond donors (Lipinski definition) is 2. The lowest BCUT2D eigenvalue weighted by Gasteiger charge is -2.05. The number of aromatic hydroxyl groups is 1. The highest BCUT2D eigenvalue weighted by Gasteiger charge is 2.02. The first-order valence-corrected chi connectivity index (χ1v) is 4.18. The third-order valence-electron chi connectivity index (χ3n) is 2.00. The molecular weight excluding hydrogens is 180 g/mol. The van der Waals surface area contributed by atoms with E-state index in [1.165, 1.54) is 0 Å². The summed E-state index contributed by atoms with van der Waals surface area (Å²) in [5, 5.41) is 16.8. The SMILES string of the molecule is NCc1cc(-n2cnnc2)ccc1O. The van der Waals surface area contributed by atoms with Crippen molar-refractivity contribution >= 4 is 0 Å². The monoisotopic (exact) mass is 190 g/mol. The number of nitrogens with two attached hydrogens (primary N) is 1. The fraction of sp³-hybridized carbons (Fsp3) is 0.111. The lowest BCUT2D eigenvalue weighted by molar-refractivity contribution is 0.468. The molecule has 0 unspecified atom stereocenters. The van der Waals surface area contributed by atoms with Crippen molar-refractivity contribution in [3.8, 4) is 11.4 Å². The van der Waals surface area contributed by atoms with Crippen LogP contribution in [0.4, 0.5) is 0 Å². The van der Waals surface area contributed by atoms with Gasteiger partial charge in [-0.15, -0.1) is 10.2 Å². The summed E-state index contributed by atoms with van der Waals surface area (Å²) >= 11 is 0. The molecule has 0 atom stereocenters. The van der Waals surface area contributed by atoms with Crippen molar-refractivity contribution in [3.63, 3.8) is 0 Å². The summed E-state index contributed by atoms with van der Waals surface area (Å²) in [6.07, 6.45) is 3.18. The summed E-state index contributed by atoms with van der Waals surface area (Å²) in [7, 11) is 0. The molecule has 0 fully saturated rings. The Balaban J connectivity index is 2.46. The molecule has 5 nitrogen and oxygen atoms in total. The molecule has 1 aromatic carbocycles. The van der Waals surface area contributed by atoms with Gasteiger partial charge in [-0.05, 0) is 18.2 Å². The summed E-state index contributed by atoms with van der Waals surface area (Å²) in [6.45, 7) is 0.307. The molecule has 0 bridgehead atoms. The van der Waals surface area contributed by atoms with Gasteiger partial charge in [0.05, 0.1) is 0 Å². The van der Waals surface area contributed by atoms with Gasteiger partial charge in [-0.3, -0.25) is 4.57 Å². The van der Waals surface area contributed by atoms with Crippen LogP contribution in [0.25, 0.3) is 5.69 Å². The number of phenolic OH excluding ortho intramolecular Hbond substituents is 1. The van der Waals surface area contributed by atoms with Gasteiger partial charge in [-0.1, -0.05) is 0 Å². The van der Waals surface area contributed by atoms with Gasteiger partial charge in [0.25, 0.3) is 0 Å². The normalized spacial score (nSPS) is 10.4. The van der Waals surface area contributed by atoms with Crippen molar-refractivity contribution < 1.29 is 5.11 Å². The van der Waals surface area contributed by atoms with Gasteiger partial charge in [-0.25, -0.2) is 0 Å². The van der Waals surface area contributed by atoms with Crippen LogP contribution >= 0.6 is 0 Å². The van der Waals surface area contributed by atoms with Crippen molar-refractivity contribution in [1.82, 2.24) is 14.8 Å². The van der Waals surface area contributed by atoms with Gasteiger partial charge >= 0.3 is 0 Å². The van der Waals surface area contributed by atoms with Gasteiger partial charge in [0.2, 0.25) is 0 Å². The van der Waals surface area contributed by atoms with Crippen LogP contribution in [0.3, 0.4) is 0 Å². The fourth-order valence-corrected chi connectivity index (χ4v) is 1.23. The summed E-state index contributed by atoms with van der Waals surface area (Å²) < 4.78 is 1.75. The first-order valence-electron chi connectivity index (χ1n) is 4.18. The second-order valence-corrected chi connectivity index (χ2v) is 2.89. The first kappa shape index (κ1) is 8.71. The van der Waals surface area contributed by atoms with E-state index < -0.39 is 0 Å². The Kier molecular flexibility index (Phi) is 2.16. The highest BCUT2D eigenvalue weighted by molar-refractivity contribution is 5.43. The summed E-state index contributed by atoms with van der Waals surface area (Å²) in [6, 6.07) is 5.19. The first-order chi connectivity index (χ1) is 6.81. The van der Waals surface area contributed by atoms with Crippen LogP contribution < -0.4 is 5.73 Å². The zero-order chi connectivity index (χ0) is 9.97. The van der Waals surface area contributed by atoms with Crippen molar-refractivity contribution in [3.05, 3.63) is 36.4 Å². The molecule has 0 aliphatic heterocycles. The Hall–Kier alpha value is -1.88. The Labute approximate surface area is 80.8 Å². The summed E-state index contributed by atoms with van der Waals surface area (Å²) in [4.78, 5) is 0. The maximum atomic E-state index is 9.41. The standard InChI is InChI=1S/C9H10N4O/c10-4-7-3-8(1-2-9(7)14)13-5-11-12-6-13/h1-3,5-6,14H,4,10H2. The van der Waals surface area contributed by atoms with Crippen LogP contribution in [-0.2, 0) is 6.54 Å². The molecule has 5 heteroatoms. The number of phenols is 1. The molecule has 1 heterocycles. The molecular formula is C9H10N4O. The second kappa shape index (κ2) is 3.47. The fourth-order valence-electron chi connectivity index (χ4n) is 1.23. The maximum Gasteiger partial charge on any atom is 0.123 e. The van der Waals surface area contributed by atoms with Crippen molar-refractivity contribution in [2.75, 3.05) is 0 Å². The lowest BCUT2D eigenvalue weighted by atomic mass is 10.2. The highest BCUT2D eigenvalue weighted by atomic mass is 16.3. The van der Waals surface area contributed by atoms with E-state index in [-0.39, 0.29) is 5.75 Å². The number of aromatic nitrogens is 3. The van der Waals surface area contributed by atoms with Crippen molar-refractivity contribution in [1.29, 1.82) is 0 Å². The van der Waals surface area contributed by atoms with E-state index in [4.69, 9.17) is 5.73 Å². The Morgan fingerprint density at radius 3 is 2.64 bits per heavy atom. The zero-order valence-electron chi connectivity index (χ0n) is 7.46. The van der Waals surface area contributed by atoms with Gasteiger partial charge in [0.15, 0.2) is 0 Å². The number of rotatable bonds is 2. The highest BCUT2D eigenvalue weighted by Crippen LogP contribution is 2.19. The quantitative estimate of drug-likeness (QED) is 0.720. The van der Waals surface area contributed by atoms with Gasteiger partial charge < -0.3 is 10.8 Å². The average molecular weight is 190 g/mol. The summed E-state index contributed by atoms with van der Waals surface area (Å²) in [5.74, 6) is 0.212. The topological polar surface area (TPSA) is 77.0 Å². The number of benzene rings is 1. The van der Waals surface area contributed by atoms with Gasteiger partial charge in [0.1, 0.15) is 18.4 Å². The minimum Gasteiger partial charge on any atom is -0.508 e. The predicted molar refractivity (Wildman–Crippen MR) is 50.9 cm³/mol. The van der Waals surface area contributed by atoms with E-state index in [1.54, 1.807) is 35.4 Å². The molecule has 14 heavy (non-hydrogen) atoms. The molecule has 72 valence electrons. The third-order valence-corrected chi connectivity index (χ3v) is 2.00. The molecule has 3 N–H and O–H groups in total. The predicted octanol–water partition coefficient (Wildman–Crippen LogP) is 0.432. The third kappa shape index (κ3) is 1.45. The van der Waals surface area contributed by atoms with E-state index >= 15 is 0 Å². The number of hydrogen-bond acceptors (Lipinski definition) is 4. The lowest BCUT2D eigenvalue weighted by Crippen LogP contribution is -1.99. The molecule has 0 aliphatic rings. The zero-order valence-corrected chi connectivity index (χ0v) is 7.46. The van der Waals surface area contributed by atoms with E-state index in [1.807, 2.05) is 0 Å². The molecule has 0 amide bonds. The van der Waals surface area contributed by atoms with Crippen molar-refractivity contribution in [2.24, 2.45) is 5.73 Å². The largest absolute Gasteiger partial charge is 0.508 e. The van der Waals surface area contributed by atoms with E-state index in [2.05, 4.69) is 10.2 Å². The summed E-state index contributed by atoms with van der Waals surface area (Å²) in [5.41, 5.74) is 7.06. The maximum absolute atomic E-state index is 9.41. The van der Waals surface area contributed by atoms with Crippen LogP contribution in [-0.4, -0.2) is 19.9 Å². The van der Waals surface area contributed by atoms with Crippen LogP contribution in [0.1, 0.15) is 5.56 Å². The molecule has 0 saturated heterocycles. The smallest absolute Gasteiger partial charge is 0.123 e. The molecule has 2 rings (SSSR count). The van der Waals surface area contributed by atoms with Gasteiger partial charge in [0, 0.05) is 17.8 Å². The van der Waals surface area contributed by atoms with Crippen LogP contribution in [0, 0.1) is 0 Å². The van der Waals surface area contributed by atoms with E-state index in [0.29, 0.717) is 12.1 Å². The Morgan fingerprint density at radius 2 is 2.00 bits per heavy atom. The minimum absolute atomic E-state index is 0.212. The molecule has 2 aromatic rings. The van der Waals surface area contributed by atoms with E-state index in [9.17, 15) is 5.11 Å². The van der Waals surface area contributed by atoms with E-state index in [0.717, 1.165) is 5.69 Å². The Bertz CT molecular complexity index is 424. The van der Waals surface area contributed by atoms with Crippen LogP contribution in [0.15, 0.2) is 30.9 Å². The minimum atomic E-state index is 0.212. The van der Waals surface area contributed by atoms with Crippen LogP contribution in [0.5, 0.6) is 5.75 Å². The second-order valence-electron chi connectivity index (χ2n) is 2.89. The number of nitrogens with zero attached hydrogens (tertiary/aromatic N) is 3. The molecule has 0 radical (unpaired) electrons.